The third kappa shape index (κ3) is 1.55. The molecule has 1 rings (SSSR count). The molecule has 0 bridgehead atoms. The van der Waals surface area contributed by atoms with E-state index in [4.69, 9.17) is 0 Å². The highest BCUT2D eigenvalue weighted by atomic mass is 79.9. The zero-order valence-corrected chi connectivity index (χ0v) is 8.40. The molecule has 1 aromatic carbocycles. The highest BCUT2D eigenvalue weighted by Crippen LogP contribution is 2.21. The maximum atomic E-state index is 13.3. The number of hydrogen-bond donors (Lipinski definition) is 0. The molecule has 0 atom stereocenters. The van der Waals surface area contributed by atoms with Crippen LogP contribution in [-0.4, -0.2) is 5.78 Å². The summed E-state index contributed by atoms with van der Waals surface area (Å²) in [7, 11) is 0. The van der Waals surface area contributed by atoms with E-state index >= 15 is 0 Å². The Bertz CT molecular complexity index is 334. The largest absolute Gasteiger partial charge is 0.294 e. The molecule has 1 aromatic rings. The molecule has 0 aliphatic rings. The first kappa shape index (κ1) is 9.39. The molecule has 0 heterocycles. The Kier molecular flexibility index (Phi) is 2.62. The van der Waals surface area contributed by atoms with E-state index < -0.39 is 5.82 Å². The molecular weight excluding hydrogens is 223 g/mol. The van der Waals surface area contributed by atoms with Crippen molar-refractivity contribution in [2.75, 3.05) is 0 Å². The molecule has 0 aliphatic carbocycles. The van der Waals surface area contributed by atoms with Gasteiger partial charge in [0.1, 0.15) is 5.82 Å². The van der Waals surface area contributed by atoms with Gasteiger partial charge in [-0.1, -0.05) is 15.9 Å². The number of carbonyl (C=O) groups is 1. The Balaban J connectivity index is 3.36. The first-order valence-electron chi connectivity index (χ1n) is 3.49. The van der Waals surface area contributed by atoms with Crippen LogP contribution in [0.3, 0.4) is 0 Å². The lowest BCUT2D eigenvalue weighted by Gasteiger charge is -2.03. The summed E-state index contributed by atoms with van der Waals surface area (Å²) in [5.41, 5.74) is 0.624. The van der Waals surface area contributed by atoms with Crippen LogP contribution in [-0.2, 0) is 0 Å². The van der Waals surface area contributed by atoms with Gasteiger partial charge in [0, 0.05) is 4.47 Å². The monoisotopic (exact) mass is 230 g/mol. The lowest BCUT2D eigenvalue weighted by Crippen LogP contribution is -1.99. The first-order chi connectivity index (χ1) is 5.54. The van der Waals surface area contributed by atoms with Gasteiger partial charge >= 0.3 is 0 Å². The quantitative estimate of drug-likeness (QED) is 0.678. The Labute approximate surface area is 78.7 Å². The average molecular weight is 231 g/mol. The van der Waals surface area contributed by atoms with Crippen LogP contribution in [0.15, 0.2) is 16.6 Å². The number of Topliss-reactive ketones (excluding diaryl/α,β-unsaturated/α-hetero) is 1. The van der Waals surface area contributed by atoms with Crippen molar-refractivity contribution < 1.29 is 9.18 Å². The van der Waals surface area contributed by atoms with Gasteiger partial charge in [-0.3, -0.25) is 4.79 Å². The van der Waals surface area contributed by atoms with Crippen molar-refractivity contribution in [3.8, 4) is 0 Å². The smallest absolute Gasteiger partial charge is 0.162 e. The molecule has 0 aromatic heterocycles. The van der Waals surface area contributed by atoms with E-state index in [1.807, 2.05) is 0 Å². The summed E-state index contributed by atoms with van der Waals surface area (Å²) in [6, 6.07) is 3.16. The number of hydrogen-bond acceptors (Lipinski definition) is 1. The summed E-state index contributed by atoms with van der Waals surface area (Å²) in [4.78, 5) is 10.9. The van der Waals surface area contributed by atoms with Crippen molar-refractivity contribution in [2.45, 2.75) is 13.8 Å². The zero-order valence-electron chi connectivity index (χ0n) is 6.82. The van der Waals surface area contributed by atoms with E-state index in [1.165, 1.54) is 13.0 Å². The number of ketones is 1. The van der Waals surface area contributed by atoms with Crippen LogP contribution in [0.2, 0.25) is 0 Å². The fraction of sp³-hybridized carbons (Fsp3) is 0.222. The van der Waals surface area contributed by atoms with Gasteiger partial charge in [0.25, 0.3) is 0 Å². The molecular formula is C9H8BrFO. The van der Waals surface area contributed by atoms with Crippen molar-refractivity contribution in [3.05, 3.63) is 33.5 Å². The lowest BCUT2D eigenvalue weighted by atomic mass is 10.1. The van der Waals surface area contributed by atoms with Crippen LogP contribution in [0.25, 0.3) is 0 Å². The molecule has 0 amide bonds. The van der Waals surface area contributed by atoms with E-state index in [2.05, 4.69) is 15.9 Å². The maximum Gasteiger partial charge on any atom is 0.162 e. The standard InChI is InChI=1S/C9H8BrFO/c1-5-8(10)4-3-7(6(2)12)9(5)11/h3-4H,1-2H3. The van der Waals surface area contributed by atoms with Gasteiger partial charge in [-0.2, -0.15) is 0 Å². The Morgan fingerprint density at radius 1 is 1.50 bits per heavy atom. The number of rotatable bonds is 1. The molecule has 3 heteroatoms. The lowest BCUT2D eigenvalue weighted by molar-refractivity contribution is 0.101. The summed E-state index contributed by atoms with van der Waals surface area (Å²) in [6.45, 7) is 2.98. The predicted octanol–water partition coefficient (Wildman–Crippen LogP) is 3.10. The molecule has 0 aliphatic heterocycles. The third-order valence-corrected chi connectivity index (χ3v) is 2.56. The van der Waals surface area contributed by atoms with Crippen LogP contribution >= 0.6 is 15.9 Å². The van der Waals surface area contributed by atoms with Crippen LogP contribution in [0.1, 0.15) is 22.8 Å². The van der Waals surface area contributed by atoms with Gasteiger partial charge in [-0.25, -0.2) is 4.39 Å². The Hall–Kier alpha value is -0.700. The van der Waals surface area contributed by atoms with Gasteiger partial charge in [-0.15, -0.1) is 0 Å². The molecule has 0 N–H and O–H groups in total. The van der Waals surface area contributed by atoms with Crippen LogP contribution < -0.4 is 0 Å². The number of benzene rings is 1. The fourth-order valence-corrected chi connectivity index (χ4v) is 1.24. The topological polar surface area (TPSA) is 17.1 Å². The highest BCUT2D eigenvalue weighted by Gasteiger charge is 2.10. The normalized spacial score (nSPS) is 10.0. The summed E-state index contributed by atoms with van der Waals surface area (Å²) < 4.78 is 13.9. The SMILES string of the molecule is CC(=O)c1ccc(Br)c(C)c1F. The zero-order chi connectivity index (χ0) is 9.30. The summed E-state index contributed by atoms with van der Waals surface area (Å²) in [5.74, 6) is -0.681. The van der Waals surface area contributed by atoms with E-state index in [1.54, 1.807) is 13.0 Å². The molecule has 0 saturated heterocycles. The molecule has 12 heavy (non-hydrogen) atoms. The molecule has 64 valence electrons. The summed E-state index contributed by atoms with van der Waals surface area (Å²) >= 11 is 3.18. The van der Waals surface area contributed by atoms with Crippen LogP contribution in [0, 0.1) is 12.7 Å². The summed E-state index contributed by atoms with van der Waals surface area (Å²) in [6.07, 6.45) is 0. The van der Waals surface area contributed by atoms with Crippen molar-refractivity contribution in [3.63, 3.8) is 0 Å². The molecule has 0 spiro atoms. The van der Waals surface area contributed by atoms with E-state index in [0.717, 1.165) is 0 Å². The van der Waals surface area contributed by atoms with Gasteiger partial charge in [0.15, 0.2) is 5.78 Å². The minimum Gasteiger partial charge on any atom is -0.294 e. The Morgan fingerprint density at radius 2 is 2.08 bits per heavy atom. The van der Waals surface area contributed by atoms with E-state index in [9.17, 15) is 9.18 Å². The van der Waals surface area contributed by atoms with Gasteiger partial charge in [-0.05, 0) is 31.5 Å². The molecule has 0 unspecified atom stereocenters. The Morgan fingerprint density at radius 3 is 2.58 bits per heavy atom. The van der Waals surface area contributed by atoms with E-state index in [-0.39, 0.29) is 11.3 Å². The van der Waals surface area contributed by atoms with Crippen molar-refractivity contribution in [1.82, 2.24) is 0 Å². The second-order valence-electron chi connectivity index (χ2n) is 2.59. The fourth-order valence-electron chi connectivity index (χ4n) is 0.933. The molecule has 0 saturated carbocycles. The van der Waals surface area contributed by atoms with Gasteiger partial charge in [0.2, 0.25) is 0 Å². The van der Waals surface area contributed by atoms with Crippen LogP contribution in [0.4, 0.5) is 4.39 Å². The number of carbonyl (C=O) groups excluding carboxylic acids is 1. The highest BCUT2D eigenvalue weighted by molar-refractivity contribution is 9.10. The molecule has 0 radical (unpaired) electrons. The van der Waals surface area contributed by atoms with Gasteiger partial charge in [0.05, 0.1) is 5.56 Å². The molecule has 1 nitrogen and oxygen atoms in total. The second-order valence-corrected chi connectivity index (χ2v) is 3.44. The van der Waals surface area contributed by atoms with Crippen molar-refractivity contribution in [1.29, 1.82) is 0 Å². The van der Waals surface area contributed by atoms with E-state index in [0.29, 0.717) is 10.0 Å². The van der Waals surface area contributed by atoms with Gasteiger partial charge < -0.3 is 0 Å². The maximum absolute atomic E-state index is 13.3. The predicted molar refractivity (Wildman–Crippen MR) is 48.8 cm³/mol. The minimum atomic E-state index is -0.433. The van der Waals surface area contributed by atoms with Crippen molar-refractivity contribution in [2.24, 2.45) is 0 Å². The second kappa shape index (κ2) is 3.35. The average Bonchev–Trinajstić information content (AvgIpc) is 2.00. The van der Waals surface area contributed by atoms with Crippen LogP contribution in [0.5, 0.6) is 0 Å². The number of halogens is 2. The first-order valence-corrected chi connectivity index (χ1v) is 4.29. The minimum absolute atomic E-state index is 0.149. The summed E-state index contributed by atoms with van der Waals surface area (Å²) in [5, 5.41) is 0. The van der Waals surface area contributed by atoms with Crippen molar-refractivity contribution >= 4 is 21.7 Å². The molecule has 0 fully saturated rings. The third-order valence-electron chi connectivity index (χ3n) is 1.70.